The van der Waals surface area contributed by atoms with Gasteiger partial charge in [0.15, 0.2) is 17.3 Å². The predicted molar refractivity (Wildman–Crippen MR) is 125 cm³/mol. The fourth-order valence-electron chi connectivity index (χ4n) is 3.48. The topological polar surface area (TPSA) is 85.6 Å². The van der Waals surface area contributed by atoms with Gasteiger partial charge < -0.3 is 24.5 Å². The number of aryl methyl sites for hydroxylation is 1. The van der Waals surface area contributed by atoms with Crippen LogP contribution in [-0.4, -0.2) is 25.1 Å². The summed E-state index contributed by atoms with van der Waals surface area (Å²) in [5.41, 5.74) is 1.73. The van der Waals surface area contributed by atoms with E-state index in [1.165, 1.54) is 17.6 Å². The summed E-state index contributed by atoms with van der Waals surface area (Å²) in [5, 5.41) is 7.18. The lowest BCUT2D eigenvalue weighted by molar-refractivity contribution is 0.0997. The number of carbonyl (C=O) groups excluding carboxylic acids is 1. The third-order valence-corrected chi connectivity index (χ3v) is 5.85. The van der Waals surface area contributed by atoms with Gasteiger partial charge in [-0.3, -0.25) is 4.79 Å². The molecule has 0 saturated heterocycles. The second-order valence-corrected chi connectivity index (χ2v) is 8.20. The number of hydrogen-bond acceptors (Lipinski definition) is 7. The lowest BCUT2D eigenvalue weighted by Gasteiger charge is -2.23. The van der Waals surface area contributed by atoms with E-state index in [4.69, 9.17) is 13.9 Å². The Morgan fingerprint density at radius 2 is 1.94 bits per heavy atom. The van der Waals surface area contributed by atoms with E-state index < -0.39 is 0 Å². The maximum Gasteiger partial charge on any atom is 0.291 e. The van der Waals surface area contributed by atoms with Gasteiger partial charge in [-0.15, -0.1) is 11.3 Å². The summed E-state index contributed by atoms with van der Waals surface area (Å²) in [5.74, 6) is 1.85. The van der Waals surface area contributed by atoms with Gasteiger partial charge in [0, 0.05) is 22.2 Å². The third kappa shape index (κ3) is 4.45. The molecule has 0 unspecified atom stereocenters. The molecule has 3 aromatic heterocycles. The van der Waals surface area contributed by atoms with Crippen molar-refractivity contribution >= 4 is 28.1 Å². The third-order valence-electron chi connectivity index (χ3n) is 4.87. The number of methoxy groups -OCH3 is 2. The van der Waals surface area contributed by atoms with Crippen molar-refractivity contribution in [2.45, 2.75) is 13.0 Å². The van der Waals surface area contributed by atoms with Crippen molar-refractivity contribution in [3.05, 3.63) is 88.8 Å². The Balaban J connectivity index is 1.80. The first-order valence-electron chi connectivity index (χ1n) is 9.94. The number of hydrogen-bond donors (Lipinski definition) is 2. The lowest BCUT2D eigenvalue weighted by Crippen LogP contribution is -2.17. The number of benzene rings is 1. The minimum absolute atomic E-state index is 0.246. The van der Waals surface area contributed by atoms with Crippen LogP contribution in [0.25, 0.3) is 0 Å². The summed E-state index contributed by atoms with van der Waals surface area (Å²) >= 11 is 1.49. The standard InChI is InChI=1S/C24H23N3O4S/c1-15-14-17(24(32-15)27-23(28)19-10-7-13-31-19)21(26-20-11-4-5-12-25-20)16-8-6-9-18(29-2)22(16)30-3/h4-14,21H,1-3H3,(H,25,26)(H,27,28)/t21-/m1/s1. The summed E-state index contributed by atoms with van der Waals surface area (Å²) in [7, 11) is 3.21. The molecule has 1 amide bonds. The molecule has 1 atom stereocenters. The SMILES string of the molecule is COc1cccc([C@@H](Nc2ccccn2)c2cc(C)sc2NC(=O)c2ccco2)c1OC. The number of thiophene rings is 1. The minimum Gasteiger partial charge on any atom is -0.493 e. The van der Waals surface area contributed by atoms with Gasteiger partial charge in [-0.25, -0.2) is 4.98 Å². The fourth-order valence-corrected chi connectivity index (χ4v) is 4.42. The number of nitrogens with zero attached hydrogens (tertiary/aromatic N) is 1. The highest BCUT2D eigenvalue weighted by Gasteiger charge is 2.26. The van der Waals surface area contributed by atoms with E-state index in [-0.39, 0.29) is 17.7 Å². The number of carbonyl (C=O) groups is 1. The lowest BCUT2D eigenvalue weighted by atomic mass is 9.98. The maximum absolute atomic E-state index is 12.7. The van der Waals surface area contributed by atoms with E-state index in [9.17, 15) is 4.79 Å². The van der Waals surface area contributed by atoms with Gasteiger partial charge in [-0.2, -0.15) is 0 Å². The molecule has 0 aliphatic carbocycles. The Bertz CT molecular complexity index is 1190. The second kappa shape index (κ2) is 9.57. The molecule has 32 heavy (non-hydrogen) atoms. The smallest absolute Gasteiger partial charge is 0.291 e. The number of rotatable bonds is 8. The first-order valence-corrected chi connectivity index (χ1v) is 10.8. The van der Waals surface area contributed by atoms with Gasteiger partial charge in [0.25, 0.3) is 5.91 Å². The minimum atomic E-state index is -0.369. The molecule has 0 bridgehead atoms. The van der Waals surface area contributed by atoms with E-state index in [1.807, 2.05) is 49.4 Å². The quantitative estimate of drug-likeness (QED) is 0.369. The average molecular weight is 450 g/mol. The molecule has 0 radical (unpaired) electrons. The zero-order valence-electron chi connectivity index (χ0n) is 17.9. The molecule has 0 aliphatic rings. The molecule has 3 heterocycles. The second-order valence-electron chi connectivity index (χ2n) is 6.95. The van der Waals surface area contributed by atoms with Crippen molar-refractivity contribution in [1.29, 1.82) is 0 Å². The van der Waals surface area contributed by atoms with Crippen LogP contribution in [0.4, 0.5) is 10.8 Å². The predicted octanol–water partition coefficient (Wildman–Crippen LogP) is 5.52. The Kier molecular flexibility index (Phi) is 6.42. The van der Waals surface area contributed by atoms with E-state index in [2.05, 4.69) is 15.6 Å². The van der Waals surface area contributed by atoms with Crippen LogP contribution >= 0.6 is 11.3 Å². The molecule has 164 valence electrons. The van der Waals surface area contributed by atoms with Gasteiger partial charge in [0.2, 0.25) is 0 Å². The van der Waals surface area contributed by atoms with Gasteiger partial charge >= 0.3 is 0 Å². The Morgan fingerprint density at radius 3 is 2.62 bits per heavy atom. The number of amides is 1. The maximum atomic E-state index is 12.7. The normalized spacial score (nSPS) is 11.6. The Hall–Kier alpha value is -3.78. The van der Waals surface area contributed by atoms with E-state index >= 15 is 0 Å². The fraction of sp³-hybridized carbons (Fsp3) is 0.167. The molecule has 0 saturated carbocycles. The van der Waals surface area contributed by atoms with Crippen LogP contribution in [0.3, 0.4) is 0 Å². The summed E-state index contributed by atoms with van der Waals surface area (Å²) in [6.07, 6.45) is 3.20. The van der Waals surface area contributed by atoms with E-state index in [0.717, 1.165) is 16.0 Å². The van der Waals surface area contributed by atoms with Crippen LogP contribution in [0.1, 0.15) is 32.6 Å². The van der Waals surface area contributed by atoms with Gasteiger partial charge in [0.1, 0.15) is 10.8 Å². The molecule has 4 aromatic rings. The van der Waals surface area contributed by atoms with Crippen LogP contribution in [0.15, 0.2) is 71.5 Å². The molecule has 4 rings (SSSR count). The average Bonchev–Trinajstić information content (AvgIpc) is 3.47. The number of anilines is 2. The molecule has 8 heteroatoms. The van der Waals surface area contributed by atoms with Crippen LogP contribution in [0, 0.1) is 6.92 Å². The molecular formula is C24H23N3O4S. The highest BCUT2D eigenvalue weighted by molar-refractivity contribution is 7.16. The highest BCUT2D eigenvalue weighted by atomic mass is 32.1. The molecule has 0 fully saturated rings. The van der Waals surface area contributed by atoms with Crippen molar-refractivity contribution in [1.82, 2.24) is 4.98 Å². The van der Waals surface area contributed by atoms with Gasteiger partial charge in [-0.1, -0.05) is 18.2 Å². The largest absolute Gasteiger partial charge is 0.493 e. The van der Waals surface area contributed by atoms with Crippen LogP contribution in [-0.2, 0) is 0 Å². The van der Waals surface area contributed by atoms with Crippen molar-refractivity contribution in [2.75, 3.05) is 24.9 Å². The van der Waals surface area contributed by atoms with E-state index in [1.54, 1.807) is 32.5 Å². The first kappa shape index (κ1) is 21.5. The number of nitrogens with one attached hydrogen (secondary N) is 2. The zero-order valence-corrected chi connectivity index (χ0v) is 18.7. The van der Waals surface area contributed by atoms with Gasteiger partial charge in [0.05, 0.1) is 26.5 Å². The van der Waals surface area contributed by atoms with Crippen LogP contribution in [0.2, 0.25) is 0 Å². The van der Waals surface area contributed by atoms with Crippen LogP contribution < -0.4 is 20.1 Å². The molecule has 0 aliphatic heterocycles. The van der Waals surface area contributed by atoms with Crippen molar-refractivity contribution in [3.8, 4) is 11.5 Å². The summed E-state index contributed by atoms with van der Waals surface area (Å²) in [6.45, 7) is 2.00. The number of pyridine rings is 1. The number of para-hydroxylation sites is 1. The Labute approximate surface area is 190 Å². The van der Waals surface area contributed by atoms with Gasteiger partial charge in [-0.05, 0) is 43.3 Å². The summed E-state index contributed by atoms with van der Waals surface area (Å²) < 4.78 is 16.5. The molecule has 2 N–H and O–H groups in total. The van der Waals surface area contributed by atoms with Crippen molar-refractivity contribution in [2.24, 2.45) is 0 Å². The van der Waals surface area contributed by atoms with Crippen molar-refractivity contribution < 1.29 is 18.7 Å². The molecule has 7 nitrogen and oxygen atoms in total. The summed E-state index contributed by atoms with van der Waals surface area (Å²) in [6, 6.07) is 16.4. The molecule has 0 spiro atoms. The zero-order chi connectivity index (χ0) is 22.5. The molecule has 1 aromatic carbocycles. The number of furan rings is 1. The highest BCUT2D eigenvalue weighted by Crippen LogP contribution is 2.43. The van der Waals surface area contributed by atoms with Crippen LogP contribution in [0.5, 0.6) is 11.5 Å². The molecular weight excluding hydrogens is 426 g/mol. The van der Waals surface area contributed by atoms with E-state index in [0.29, 0.717) is 22.3 Å². The number of aromatic nitrogens is 1. The number of ether oxygens (including phenoxy) is 2. The first-order chi connectivity index (χ1) is 15.6. The summed E-state index contributed by atoms with van der Waals surface area (Å²) in [4.78, 5) is 18.2. The van der Waals surface area contributed by atoms with Crippen molar-refractivity contribution in [3.63, 3.8) is 0 Å². The Morgan fingerprint density at radius 1 is 1.06 bits per heavy atom. The monoisotopic (exact) mass is 449 g/mol.